The number of aliphatic carboxylic acids is 1. The fraction of sp³-hybridized carbons (Fsp3) is 0.261. The number of ether oxygens (including phenoxy) is 1. The second-order valence-electron chi connectivity index (χ2n) is 7.80. The average Bonchev–Trinajstić information content (AvgIpc) is 3.27. The molecule has 0 aromatic heterocycles. The molecule has 0 bridgehead atoms. The number of hydrogen-bond donors (Lipinski definition) is 3. The van der Waals surface area contributed by atoms with Gasteiger partial charge in [0.05, 0.1) is 13.0 Å². The molecular weight excluding hydrogens is 428 g/mol. The largest absolute Gasteiger partial charge is 0.481 e. The Hall–Kier alpha value is -4.21. The van der Waals surface area contributed by atoms with Crippen LogP contribution in [-0.4, -0.2) is 66.1 Å². The van der Waals surface area contributed by atoms with Crippen molar-refractivity contribution in [2.75, 3.05) is 20.2 Å². The molecule has 2 aromatic rings. The van der Waals surface area contributed by atoms with Gasteiger partial charge in [0.25, 0.3) is 5.91 Å². The van der Waals surface area contributed by atoms with E-state index in [1.165, 1.54) is 4.90 Å². The molecule has 1 atom stereocenters. The van der Waals surface area contributed by atoms with Crippen LogP contribution in [0.3, 0.4) is 0 Å². The molecule has 1 fully saturated rings. The zero-order chi connectivity index (χ0) is 23.5. The summed E-state index contributed by atoms with van der Waals surface area (Å²) in [5.41, 5.74) is 4.19. The fourth-order valence-corrected chi connectivity index (χ4v) is 4.00. The van der Waals surface area contributed by atoms with Crippen molar-refractivity contribution >= 4 is 29.8 Å². The Labute approximate surface area is 189 Å². The predicted octanol–water partition coefficient (Wildman–Crippen LogP) is 1.31. The predicted molar refractivity (Wildman–Crippen MR) is 117 cm³/mol. The van der Waals surface area contributed by atoms with Crippen molar-refractivity contribution in [2.45, 2.75) is 18.4 Å². The van der Waals surface area contributed by atoms with Crippen LogP contribution >= 0.6 is 0 Å². The van der Waals surface area contributed by atoms with Gasteiger partial charge in [-0.25, -0.2) is 4.79 Å². The number of fused-ring (bicyclic) bond motifs is 3. The summed E-state index contributed by atoms with van der Waals surface area (Å²) < 4.78 is 5.39. The number of likely N-dealkylation sites (N-methyl/N-ethyl adjacent to an activating group) is 1. The number of nitrogens with one attached hydrogen (secondary N) is 2. The van der Waals surface area contributed by atoms with E-state index in [2.05, 4.69) is 15.6 Å². The van der Waals surface area contributed by atoms with Gasteiger partial charge in [-0.2, -0.15) is 4.99 Å². The molecule has 1 aliphatic heterocycles. The molecule has 0 radical (unpaired) electrons. The third-order valence-electron chi connectivity index (χ3n) is 5.52. The lowest BCUT2D eigenvalue weighted by Crippen LogP contribution is -2.43. The normalized spacial score (nSPS) is 16.7. The lowest BCUT2D eigenvalue weighted by molar-refractivity contribution is -0.139. The van der Waals surface area contributed by atoms with Gasteiger partial charge in [0.2, 0.25) is 11.9 Å². The molecule has 3 amide bonds. The van der Waals surface area contributed by atoms with Crippen molar-refractivity contribution in [3.05, 3.63) is 59.7 Å². The highest BCUT2D eigenvalue weighted by Crippen LogP contribution is 2.44. The van der Waals surface area contributed by atoms with E-state index < -0.39 is 30.4 Å². The Morgan fingerprint density at radius 2 is 1.76 bits per heavy atom. The number of nitrogens with zero attached hydrogens (tertiary/aromatic N) is 2. The highest BCUT2D eigenvalue weighted by atomic mass is 16.5. The molecule has 2 aromatic carbocycles. The van der Waals surface area contributed by atoms with Crippen molar-refractivity contribution in [3.63, 3.8) is 0 Å². The summed E-state index contributed by atoms with van der Waals surface area (Å²) in [6.07, 6.45) is -1.61. The zero-order valence-electron chi connectivity index (χ0n) is 17.8. The third-order valence-corrected chi connectivity index (χ3v) is 5.52. The molecular formula is C23H22N4O6. The van der Waals surface area contributed by atoms with E-state index in [0.29, 0.717) is 0 Å². The van der Waals surface area contributed by atoms with Gasteiger partial charge in [0, 0.05) is 13.0 Å². The van der Waals surface area contributed by atoms with Gasteiger partial charge in [-0.15, -0.1) is 0 Å². The van der Waals surface area contributed by atoms with E-state index in [9.17, 15) is 19.2 Å². The van der Waals surface area contributed by atoms with Crippen molar-refractivity contribution in [2.24, 2.45) is 4.99 Å². The maximum absolute atomic E-state index is 12.5. The van der Waals surface area contributed by atoms with Crippen LogP contribution in [0.1, 0.15) is 23.5 Å². The molecule has 2 aliphatic rings. The van der Waals surface area contributed by atoms with Crippen molar-refractivity contribution in [3.8, 4) is 11.1 Å². The van der Waals surface area contributed by atoms with Crippen LogP contribution in [-0.2, 0) is 19.1 Å². The van der Waals surface area contributed by atoms with E-state index >= 15 is 0 Å². The summed E-state index contributed by atoms with van der Waals surface area (Å²) in [5, 5.41) is 13.8. The number of carboxylic acid groups (broad SMARTS) is 1. The number of carboxylic acids is 1. The highest BCUT2D eigenvalue weighted by Gasteiger charge is 2.31. The van der Waals surface area contributed by atoms with E-state index in [4.69, 9.17) is 9.84 Å². The lowest BCUT2D eigenvalue weighted by atomic mass is 9.98. The van der Waals surface area contributed by atoms with Crippen LogP contribution in [0.2, 0.25) is 0 Å². The molecule has 10 heteroatoms. The first-order valence-electron chi connectivity index (χ1n) is 10.3. The standard InChI is InChI=1S/C23H22N4O6/c1-27-11-19(28)25-22(27)26-21(31)18(10-20(29)30)24-23(32)33-12-17-15-8-4-2-6-13(15)14-7-3-5-9-16(14)17/h2-9,17-18H,10-12H2,1H3,(H,24,32)(H,29,30)(H,25,26,28,31). The molecule has 1 saturated heterocycles. The molecule has 1 unspecified atom stereocenters. The molecule has 33 heavy (non-hydrogen) atoms. The quantitative estimate of drug-likeness (QED) is 0.603. The minimum Gasteiger partial charge on any atom is -0.481 e. The molecule has 3 N–H and O–H groups in total. The Bertz CT molecular complexity index is 1120. The van der Waals surface area contributed by atoms with Gasteiger partial charge >= 0.3 is 12.1 Å². The van der Waals surface area contributed by atoms with Crippen LogP contribution in [0.4, 0.5) is 4.79 Å². The van der Waals surface area contributed by atoms with Gasteiger partial charge < -0.3 is 20.1 Å². The van der Waals surface area contributed by atoms with Crippen molar-refractivity contribution < 1.29 is 29.0 Å². The maximum atomic E-state index is 12.5. The molecule has 10 nitrogen and oxygen atoms in total. The van der Waals surface area contributed by atoms with E-state index in [1.807, 2.05) is 48.5 Å². The van der Waals surface area contributed by atoms with Crippen LogP contribution < -0.4 is 10.6 Å². The first kappa shape index (κ1) is 22.0. The summed E-state index contributed by atoms with van der Waals surface area (Å²) in [7, 11) is 1.55. The first-order valence-corrected chi connectivity index (χ1v) is 10.3. The Balaban J connectivity index is 1.44. The van der Waals surface area contributed by atoms with Gasteiger partial charge in [-0.3, -0.25) is 19.7 Å². The molecule has 4 rings (SSSR count). The maximum Gasteiger partial charge on any atom is 0.407 e. The third kappa shape index (κ3) is 4.69. The lowest BCUT2D eigenvalue weighted by Gasteiger charge is -2.17. The highest BCUT2D eigenvalue weighted by molar-refractivity contribution is 6.08. The van der Waals surface area contributed by atoms with Gasteiger partial charge in [0.15, 0.2) is 0 Å². The summed E-state index contributed by atoms with van der Waals surface area (Å²) in [6, 6.07) is 14.2. The average molecular weight is 450 g/mol. The summed E-state index contributed by atoms with van der Waals surface area (Å²) in [6.45, 7) is 0.0384. The van der Waals surface area contributed by atoms with E-state index in [0.717, 1.165) is 22.3 Å². The number of amides is 3. The molecule has 170 valence electrons. The van der Waals surface area contributed by atoms with E-state index in [-0.39, 0.29) is 30.9 Å². The van der Waals surface area contributed by atoms with Crippen LogP contribution in [0.15, 0.2) is 53.5 Å². The number of rotatable bonds is 6. The molecule has 0 saturated carbocycles. The van der Waals surface area contributed by atoms with Crippen LogP contribution in [0, 0.1) is 0 Å². The Morgan fingerprint density at radius 1 is 1.15 bits per heavy atom. The number of aliphatic imine (C=N–C) groups is 1. The molecule has 1 heterocycles. The minimum absolute atomic E-state index is 0.00488. The number of guanidine groups is 1. The first-order chi connectivity index (χ1) is 15.8. The van der Waals surface area contributed by atoms with Crippen molar-refractivity contribution in [1.82, 2.24) is 15.5 Å². The second-order valence-corrected chi connectivity index (χ2v) is 7.80. The summed E-state index contributed by atoms with van der Waals surface area (Å²) in [5.74, 6) is -2.73. The topological polar surface area (TPSA) is 137 Å². The van der Waals surface area contributed by atoms with Gasteiger partial charge in [-0.1, -0.05) is 48.5 Å². The number of carbonyl (C=O) groups is 4. The SMILES string of the molecule is CN1CC(=O)NC1=NC(=O)C(CC(=O)O)NC(=O)OCC1c2ccccc2-c2ccccc21. The molecule has 0 spiro atoms. The smallest absolute Gasteiger partial charge is 0.407 e. The zero-order valence-corrected chi connectivity index (χ0v) is 17.8. The number of alkyl carbamates (subject to hydrolysis) is 1. The van der Waals surface area contributed by atoms with Crippen LogP contribution in [0.25, 0.3) is 11.1 Å². The van der Waals surface area contributed by atoms with E-state index in [1.54, 1.807) is 7.05 Å². The minimum atomic E-state index is -1.45. The summed E-state index contributed by atoms with van der Waals surface area (Å²) >= 11 is 0. The number of hydrogen-bond acceptors (Lipinski definition) is 5. The van der Waals surface area contributed by atoms with Gasteiger partial charge in [-0.05, 0) is 22.3 Å². The molecule has 1 aliphatic carbocycles. The van der Waals surface area contributed by atoms with Crippen LogP contribution in [0.5, 0.6) is 0 Å². The van der Waals surface area contributed by atoms with Gasteiger partial charge in [0.1, 0.15) is 12.6 Å². The second kappa shape index (κ2) is 9.11. The fourth-order valence-electron chi connectivity index (χ4n) is 4.00. The Morgan fingerprint density at radius 3 is 2.30 bits per heavy atom. The summed E-state index contributed by atoms with van der Waals surface area (Å²) in [4.78, 5) is 52.8. The number of benzene rings is 2. The number of carbonyl (C=O) groups excluding carboxylic acids is 3. The van der Waals surface area contributed by atoms with Crippen molar-refractivity contribution in [1.29, 1.82) is 0 Å². The monoisotopic (exact) mass is 450 g/mol. The Kier molecular flexibility index (Phi) is 6.07.